The average Bonchev–Trinajstić information content (AvgIpc) is 2.53. The number of rotatable bonds is 4. The lowest BCUT2D eigenvalue weighted by Crippen LogP contribution is -2.45. The summed E-state index contributed by atoms with van der Waals surface area (Å²) < 4.78 is 40.6. The van der Waals surface area contributed by atoms with E-state index in [1.807, 2.05) is 0 Å². The zero-order chi connectivity index (χ0) is 20.2. The number of amides is 2. The quantitative estimate of drug-likeness (QED) is 0.742. The van der Waals surface area contributed by atoms with Crippen molar-refractivity contribution in [2.75, 3.05) is 18.4 Å². The van der Waals surface area contributed by atoms with Crippen molar-refractivity contribution in [2.24, 2.45) is 0 Å². The van der Waals surface area contributed by atoms with Gasteiger partial charge in [0.05, 0.1) is 5.56 Å². The molecule has 2 heterocycles. The number of hydrogen-bond donors (Lipinski definition) is 2. The summed E-state index contributed by atoms with van der Waals surface area (Å²) >= 11 is 0. The lowest BCUT2D eigenvalue weighted by atomic mass is 10.1. The van der Waals surface area contributed by atoms with Crippen molar-refractivity contribution in [3.63, 3.8) is 0 Å². The van der Waals surface area contributed by atoms with E-state index < -0.39 is 28.0 Å². The molecule has 1 aliphatic rings. The molecular weight excluding hydrogens is 379 g/mol. The third kappa shape index (κ3) is 6.43. The summed E-state index contributed by atoms with van der Waals surface area (Å²) in [7, 11) is -4.72. The van der Waals surface area contributed by atoms with Crippen LogP contribution < -0.4 is 10.6 Å². The van der Waals surface area contributed by atoms with Crippen LogP contribution >= 0.6 is 0 Å². The molecule has 0 aliphatic carbocycles. The molecule has 9 nitrogen and oxygen atoms in total. The molecule has 11 heteroatoms. The van der Waals surface area contributed by atoms with Gasteiger partial charge in [0.2, 0.25) is 0 Å². The van der Waals surface area contributed by atoms with Crippen LogP contribution in [0.1, 0.15) is 44.0 Å². The Kier molecular flexibility index (Phi) is 6.37. The normalized spacial score (nSPS) is 16.6. The van der Waals surface area contributed by atoms with Crippen LogP contribution in [0.2, 0.25) is 0 Å². The Bertz CT molecular complexity index is 801. The summed E-state index contributed by atoms with van der Waals surface area (Å²) in [6.45, 7) is 5.10. The molecule has 1 aromatic heterocycles. The van der Waals surface area contributed by atoms with Gasteiger partial charge < -0.3 is 10.1 Å². The lowest BCUT2D eigenvalue weighted by molar-refractivity contribution is 0.0635. The number of ether oxygens (including phenoxy) is 1. The monoisotopic (exact) mass is 402 g/mol. The minimum absolute atomic E-state index is 0.0141. The molecule has 27 heavy (non-hydrogen) atoms. The number of carbonyl (C=O) groups excluding carboxylic acids is 2. The van der Waals surface area contributed by atoms with E-state index in [2.05, 4.69) is 15.6 Å². The summed E-state index contributed by atoms with van der Waals surface area (Å²) in [5.41, 5.74) is -0.560. The largest absolute Gasteiger partial charge is 0.444 e. The van der Waals surface area contributed by atoms with Crippen molar-refractivity contribution >= 4 is 28.2 Å². The Morgan fingerprint density at radius 2 is 1.93 bits per heavy atom. The first-order valence-corrected chi connectivity index (χ1v) is 9.75. The number of carbonyl (C=O) groups is 2. The van der Waals surface area contributed by atoms with Crippen LogP contribution in [0.25, 0.3) is 0 Å². The topological polar surface area (TPSA) is 118 Å². The van der Waals surface area contributed by atoms with Crippen LogP contribution in [0.15, 0.2) is 18.3 Å². The van der Waals surface area contributed by atoms with E-state index >= 15 is 0 Å². The fourth-order valence-corrected chi connectivity index (χ4v) is 3.22. The van der Waals surface area contributed by atoms with Crippen LogP contribution in [0, 0.1) is 0 Å². The SMILES string of the molecule is CC(C)(C)OC(=O)Nc1ncccc1C(=O)NC1CCN(S(=O)(=O)F)CC1. The van der Waals surface area contributed by atoms with Crippen molar-refractivity contribution in [3.05, 3.63) is 23.9 Å². The molecule has 0 unspecified atom stereocenters. The van der Waals surface area contributed by atoms with Gasteiger partial charge in [-0.1, -0.05) is 3.89 Å². The van der Waals surface area contributed by atoms with Gasteiger partial charge in [0, 0.05) is 25.3 Å². The van der Waals surface area contributed by atoms with Crippen LogP contribution in [0.3, 0.4) is 0 Å². The van der Waals surface area contributed by atoms with Crippen molar-refractivity contribution in [1.29, 1.82) is 0 Å². The van der Waals surface area contributed by atoms with Gasteiger partial charge in [-0.25, -0.2) is 9.78 Å². The number of pyridine rings is 1. The van der Waals surface area contributed by atoms with Crippen LogP contribution in [0.4, 0.5) is 14.5 Å². The molecule has 2 N–H and O–H groups in total. The van der Waals surface area contributed by atoms with Gasteiger partial charge in [-0.2, -0.15) is 12.7 Å². The van der Waals surface area contributed by atoms with E-state index in [9.17, 15) is 21.9 Å². The Labute approximate surface area is 157 Å². The van der Waals surface area contributed by atoms with Crippen LogP contribution in [-0.4, -0.2) is 54.4 Å². The highest BCUT2D eigenvalue weighted by molar-refractivity contribution is 7.83. The molecule has 1 saturated heterocycles. The van der Waals surface area contributed by atoms with Gasteiger partial charge in [0.15, 0.2) is 0 Å². The summed E-state index contributed by atoms with van der Waals surface area (Å²) in [5, 5.41) is 5.20. The molecule has 0 atom stereocenters. The molecule has 1 fully saturated rings. The third-order valence-electron chi connectivity index (χ3n) is 3.77. The minimum Gasteiger partial charge on any atom is -0.444 e. The highest BCUT2D eigenvalue weighted by Crippen LogP contribution is 2.18. The molecule has 1 aliphatic heterocycles. The fraction of sp³-hybridized carbons (Fsp3) is 0.562. The Hall–Kier alpha value is -2.27. The number of piperidine rings is 1. The smallest absolute Gasteiger partial charge is 0.413 e. The molecule has 0 aromatic carbocycles. The third-order valence-corrected chi connectivity index (χ3v) is 4.75. The van der Waals surface area contributed by atoms with E-state index in [1.54, 1.807) is 26.8 Å². The predicted octanol–water partition coefficient (Wildman–Crippen LogP) is 1.84. The maximum Gasteiger partial charge on any atom is 0.413 e. The van der Waals surface area contributed by atoms with E-state index in [-0.39, 0.29) is 43.4 Å². The maximum absolute atomic E-state index is 13.0. The van der Waals surface area contributed by atoms with E-state index in [0.717, 1.165) is 4.31 Å². The molecule has 0 spiro atoms. The highest BCUT2D eigenvalue weighted by atomic mass is 32.3. The van der Waals surface area contributed by atoms with E-state index in [1.165, 1.54) is 12.3 Å². The zero-order valence-corrected chi connectivity index (χ0v) is 16.2. The maximum atomic E-state index is 13.0. The first-order chi connectivity index (χ1) is 12.5. The number of nitrogens with zero attached hydrogens (tertiary/aromatic N) is 2. The number of anilines is 1. The number of halogens is 1. The van der Waals surface area contributed by atoms with Gasteiger partial charge in [-0.15, -0.1) is 0 Å². The predicted molar refractivity (Wildman–Crippen MR) is 96.2 cm³/mol. The second kappa shape index (κ2) is 8.17. The van der Waals surface area contributed by atoms with Gasteiger partial charge in [-0.05, 0) is 45.7 Å². The summed E-state index contributed by atoms with van der Waals surface area (Å²) in [6, 6.07) is 2.73. The molecule has 150 valence electrons. The van der Waals surface area contributed by atoms with Crippen molar-refractivity contribution in [1.82, 2.24) is 14.6 Å². The minimum atomic E-state index is -4.72. The fourth-order valence-electron chi connectivity index (χ4n) is 2.57. The standard InChI is InChI=1S/C16H23FN4O5S/c1-16(2,3)26-15(23)20-13-12(5-4-8-18-13)14(22)19-11-6-9-21(10-7-11)27(17,24)25/h4-5,8,11H,6-7,9-10H2,1-3H3,(H,19,22)(H,18,20,23). The molecule has 2 rings (SSSR count). The molecule has 2 amide bonds. The van der Waals surface area contributed by atoms with Crippen molar-refractivity contribution < 1.29 is 26.6 Å². The van der Waals surface area contributed by atoms with Crippen LogP contribution in [0.5, 0.6) is 0 Å². The Balaban J connectivity index is 2.00. The highest BCUT2D eigenvalue weighted by Gasteiger charge is 2.29. The molecular formula is C16H23FN4O5S. The Morgan fingerprint density at radius 3 is 2.48 bits per heavy atom. The summed E-state index contributed by atoms with van der Waals surface area (Å²) in [4.78, 5) is 28.4. The summed E-state index contributed by atoms with van der Waals surface area (Å²) in [6.07, 6.45) is 1.25. The average molecular weight is 402 g/mol. The van der Waals surface area contributed by atoms with Crippen molar-refractivity contribution in [3.8, 4) is 0 Å². The summed E-state index contributed by atoms with van der Waals surface area (Å²) in [5.74, 6) is -0.427. The molecule has 1 aromatic rings. The van der Waals surface area contributed by atoms with E-state index in [4.69, 9.17) is 4.74 Å². The van der Waals surface area contributed by atoms with Crippen LogP contribution in [-0.2, 0) is 15.1 Å². The molecule has 0 radical (unpaired) electrons. The zero-order valence-electron chi connectivity index (χ0n) is 15.4. The number of aromatic nitrogens is 1. The first kappa shape index (κ1) is 21.0. The van der Waals surface area contributed by atoms with Gasteiger partial charge >= 0.3 is 16.5 Å². The molecule has 0 saturated carbocycles. The molecule has 0 bridgehead atoms. The number of hydrogen-bond acceptors (Lipinski definition) is 6. The number of nitrogens with one attached hydrogen (secondary N) is 2. The second-order valence-corrected chi connectivity index (χ2v) is 8.46. The van der Waals surface area contributed by atoms with Gasteiger partial charge in [-0.3, -0.25) is 10.1 Å². The second-order valence-electron chi connectivity index (χ2n) is 7.12. The van der Waals surface area contributed by atoms with Gasteiger partial charge in [0.1, 0.15) is 11.4 Å². The van der Waals surface area contributed by atoms with E-state index in [0.29, 0.717) is 0 Å². The van der Waals surface area contributed by atoms with Crippen molar-refractivity contribution in [2.45, 2.75) is 45.3 Å². The first-order valence-electron chi connectivity index (χ1n) is 8.41. The lowest BCUT2D eigenvalue weighted by Gasteiger charge is -2.29. The van der Waals surface area contributed by atoms with Gasteiger partial charge in [0.25, 0.3) is 5.91 Å². The Morgan fingerprint density at radius 1 is 1.30 bits per heavy atom.